The lowest BCUT2D eigenvalue weighted by molar-refractivity contribution is 0.263. The molecule has 1 aliphatic heterocycles. The Hall–Kier alpha value is -0.340. The topological polar surface area (TPSA) is 32.8 Å². The maximum absolute atomic E-state index is 8.38. The molecule has 0 aliphatic carbocycles. The number of aliphatic hydroxyl groups excluding tert-OH is 1. The Morgan fingerprint density at radius 3 is 2.88 bits per heavy atom. The van der Waals surface area contributed by atoms with Crippen molar-refractivity contribution in [1.29, 1.82) is 0 Å². The SMILES string of the molecule is C=C[C@H]1O[C@@H]1CCO. The molecule has 0 spiro atoms. The van der Waals surface area contributed by atoms with Crippen LogP contribution in [0.1, 0.15) is 6.42 Å². The molecule has 0 radical (unpaired) electrons. The highest BCUT2D eigenvalue weighted by molar-refractivity contribution is 4.97. The molecule has 2 nitrogen and oxygen atoms in total. The van der Waals surface area contributed by atoms with Gasteiger partial charge in [-0.25, -0.2) is 0 Å². The van der Waals surface area contributed by atoms with Gasteiger partial charge in [0.1, 0.15) is 6.10 Å². The first-order valence-electron chi connectivity index (χ1n) is 2.77. The summed E-state index contributed by atoms with van der Waals surface area (Å²) >= 11 is 0. The maximum Gasteiger partial charge on any atom is 0.102 e. The smallest absolute Gasteiger partial charge is 0.102 e. The van der Waals surface area contributed by atoms with E-state index in [9.17, 15) is 0 Å². The van der Waals surface area contributed by atoms with Crippen LogP contribution in [-0.4, -0.2) is 23.9 Å². The van der Waals surface area contributed by atoms with E-state index in [1.165, 1.54) is 0 Å². The summed E-state index contributed by atoms with van der Waals surface area (Å²) in [7, 11) is 0. The highest BCUT2D eigenvalue weighted by atomic mass is 16.6. The van der Waals surface area contributed by atoms with Gasteiger partial charge in [-0.15, -0.1) is 6.58 Å². The van der Waals surface area contributed by atoms with Crippen LogP contribution < -0.4 is 0 Å². The fourth-order valence-corrected chi connectivity index (χ4v) is 0.723. The van der Waals surface area contributed by atoms with Crippen molar-refractivity contribution in [2.24, 2.45) is 0 Å². The average Bonchev–Trinajstić information content (AvgIpc) is 2.48. The van der Waals surface area contributed by atoms with E-state index in [-0.39, 0.29) is 18.8 Å². The quantitative estimate of drug-likeness (QED) is 0.423. The molecule has 1 rings (SSSR count). The standard InChI is InChI=1S/C6H10O2/c1-2-5-6(8-5)3-4-7/h2,5-7H,1,3-4H2/t5-,6-/m1/s1. The lowest BCUT2D eigenvalue weighted by Gasteiger charge is -1.82. The van der Waals surface area contributed by atoms with E-state index in [0.29, 0.717) is 0 Å². The fraction of sp³-hybridized carbons (Fsp3) is 0.667. The van der Waals surface area contributed by atoms with E-state index in [2.05, 4.69) is 6.58 Å². The Balaban J connectivity index is 2.07. The zero-order valence-electron chi connectivity index (χ0n) is 4.71. The van der Waals surface area contributed by atoms with Crippen molar-refractivity contribution in [2.45, 2.75) is 18.6 Å². The van der Waals surface area contributed by atoms with Gasteiger partial charge >= 0.3 is 0 Å². The molecule has 0 saturated carbocycles. The largest absolute Gasteiger partial charge is 0.396 e. The molecular formula is C6H10O2. The molecule has 1 heterocycles. The third-order valence-corrected chi connectivity index (χ3v) is 1.27. The van der Waals surface area contributed by atoms with Gasteiger partial charge in [0.15, 0.2) is 0 Å². The van der Waals surface area contributed by atoms with Gasteiger partial charge < -0.3 is 9.84 Å². The molecule has 0 aromatic carbocycles. The molecule has 46 valence electrons. The molecule has 1 N–H and O–H groups in total. The first kappa shape index (κ1) is 5.79. The minimum Gasteiger partial charge on any atom is -0.396 e. The second-order valence-electron chi connectivity index (χ2n) is 1.89. The number of ether oxygens (including phenoxy) is 1. The zero-order chi connectivity index (χ0) is 5.98. The molecule has 0 aromatic heterocycles. The van der Waals surface area contributed by atoms with Gasteiger partial charge in [0.05, 0.1) is 6.10 Å². The Morgan fingerprint density at radius 1 is 1.75 bits per heavy atom. The van der Waals surface area contributed by atoms with E-state index in [0.717, 1.165) is 6.42 Å². The lowest BCUT2D eigenvalue weighted by atomic mass is 10.2. The van der Waals surface area contributed by atoms with Crippen molar-refractivity contribution < 1.29 is 9.84 Å². The maximum atomic E-state index is 8.38. The summed E-state index contributed by atoms with van der Waals surface area (Å²) < 4.78 is 5.03. The van der Waals surface area contributed by atoms with Crippen LogP contribution in [0, 0.1) is 0 Å². The number of hydrogen-bond donors (Lipinski definition) is 1. The second-order valence-corrected chi connectivity index (χ2v) is 1.89. The van der Waals surface area contributed by atoms with Crippen LogP contribution in [0.4, 0.5) is 0 Å². The van der Waals surface area contributed by atoms with Crippen molar-refractivity contribution in [3.05, 3.63) is 12.7 Å². The molecule has 2 atom stereocenters. The molecule has 0 aromatic rings. The number of aliphatic hydroxyl groups is 1. The van der Waals surface area contributed by atoms with Crippen molar-refractivity contribution >= 4 is 0 Å². The third-order valence-electron chi connectivity index (χ3n) is 1.27. The Labute approximate surface area is 48.8 Å². The van der Waals surface area contributed by atoms with E-state index in [1.807, 2.05) is 0 Å². The van der Waals surface area contributed by atoms with E-state index < -0.39 is 0 Å². The molecule has 1 saturated heterocycles. The van der Waals surface area contributed by atoms with Crippen LogP contribution in [0.2, 0.25) is 0 Å². The summed E-state index contributed by atoms with van der Waals surface area (Å²) in [5, 5.41) is 8.38. The number of hydrogen-bond acceptors (Lipinski definition) is 2. The summed E-state index contributed by atoms with van der Waals surface area (Å²) in [6.45, 7) is 3.77. The van der Waals surface area contributed by atoms with Crippen molar-refractivity contribution in [2.75, 3.05) is 6.61 Å². The van der Waals surface area contributed by atoms with Gasteiger partial charge in [0.25, 0.3) is 0 Å². The lowest BCUT2D eigenvalue weighted by Crippen LogP contribution is -1.93. The Morgan fingerprint density at radius 2 is 2.50 bits per heavy atom. The summed E-state index contributed by atoms with van der Waals surface area (Å²) in [5.41, 5.74) is 0. The molecule has 1 fully saturated rings. The monoisotopic (exact) mass is 114 g/mol. The molecule has 8 heavy (non-hydrogen) atoms. The zero-order valence-corrected chi connectivity index (χ0v) is 4.71. The van der Waals surface area contributed by atoms with Crippen LogP contribution in [0.25, 0.3) is 0 Å². The van der Waals surface area contributed by atoms with Gasteiger partial charge in [0.2, 0.25) is 0 Å². The Bertz CT molecular complexity index is 90.5. The highest BCUT2D eigenvalue weighted by Gasteiger charge is 2.34. The van der Waals surface area contributed by atoms with Gasteiger partial charge in [0, 0.05) is 6.61 Å². The minimum atomic E-state index is 0.217. The first-order chi connectivity index (χ1) is 3.88. The van der Waals surface area contributed by atoms with Crippen molar-refractivity contribution in [3.8, 4) is 0 Å². The van der Waals surface area contributed by atoms with E-state index in [1.54, 1.807) is 6.08 Å². The van der Waals surface area contributed by atoms with Crippen LogP contribution in [-0.2, 0) is 4.74 Å². The third kappa shape index (κ3) is 1.08. The normalized spacial score (nSPS) is 34.6. The van der Waals surface area contributed by atoms with Crippen LogP contribution >= 0.6 is 0 Å². The molecule has 0 bridgehead atoms. The van der Waals surface area contributed by atoms with E-state index >= 15 is 0 Å². The van der Waals surface area contributed by atoms with Crippen molar-refractivity contribution in [3.63, 3.8) is 0 Å². The van der Waals surface area contributed by atoms with Gasteiger partial charge in [-0.3, -0.25) is 0 Å². The predicted molar refractivity (Wildman–Crippen MR) is 30.6 cm³/mol. The molecule has 0 unspecified atom stereocenters. The van der Waals surface area contributed by atoms with Crippen molar-refractivity contribution in [1.82, 2.24) is 0 Å². The fourth-order valence-electron chi connectivity index (χ4n) is 0.723. The van der Waals surface area contributed by atoms with Crippen LogP contribution in [0.15, 0.2) is 12.7 Å². The molecular weight excluding hydrogens is 104 g/mol. The number of rotatable bonds is 3. The number of epoxide rings is 1. The summed E-state index contributed by atoms with van der Waals surface area (Å²) in [6, 6.07) is 0. The van der Waals surface area contributed by atoms with Gasteiger partial charge in [-0.1, -0.05) is 6.08 Å². The average molecular weight is 114 g/mol. The van der Waals surface area contributed by atoms with Gasteiger partial charge in [-0.2, -0.15) is 0 Å². The summed E-state index contributed by atoms with van der Waals surface area (Å²) in [4.78, 5) is 0. The summed E-state index contributed by atoms with van der Waals surface area (Å²) in [6.07, 6.45) is 3.00. The minimum absolute atomic E-state index is 0.217. The van der Waals surface area contributed by atoms with Crippen LogP contribution in [0.5, 0.6) is 0 Å². The van der Waals surface area contributed by atoms with Crippen LogP contribution in [0.3, 0.4) is 0 Å². The summed E-state index contributed by atoms with van der Waals surface area (Å²) in [5.74, 6) is 0. The molecule has 2 heteroatoms. The second kappa shape index (κ2) is 2.29. The van der Waals surface area contributed by atoms with Gasteiger partial charge in [-0.05, 0) is 6.42 Å². The predicted octanol–water partition coefficient (Wildman–Crippen LogP) is 0.322. The molecule has 1 aliphatic rings. The highest BCUT2D eigenvalue weighted by Crippen LogP contribution is 2.24. The first-order valence-corrected chi connectivity index (χ1v) is 2.77. The molecule has 0 amide bonds. The van der Waals surface area contributed by atoms with E-state index in [4.69, 9.17) is 9.84 Å². The Kier molecular flexibility index (Phi) is 1.65.